The summed E-state index contributed by atoms with van der Waals surface area (Å²) >= 11 is 0. The Morgan fingerprint density at radius 3 is 2.08 bits per heavy atom. The molecular weight excluding hydrogens is 330 g/mol. The van der Waals surface area contributed by atoms with Crippen molar-refractivity contribution in [3.8, 4) is 0 Å². The van der Waals surface area contributed by atoms with Crippen LogP contribution >= 0.6 is 0 Å². The zero-order valence-corrected chi connectivity index (χ0v) is 13.8. The fourth-order valence-electron chi connectivity index (χ4n) is 2.96. The average molecular weight is 352 g/mol. The van der Waals surface area contributed by atoms with Crippen LogP contribution in [-0.2, 0) is 0 Å². The first-order valence-electron chi connectivity index (χ1n) is 7.78. The summed E-state index contributed by atoms with van der Waals surface area (Å²) in [5.41, 5.74) is -6.12. The maximum Gasteiger partial charge on any atom is 0.416 e. The van der Waals surface area contributed by atoms with E-state index >= 15 is 4.39 Å². The molecule has 3 unspecified atom stereocenters. The fourth-order valence-corrected chi connectivity index (χ4v) is 2.96. The molecule has 1 aliphatic carbocycles. The van der Waals surface area contributed by atoms with Crippen molar-refractivity contribution < 1.29 is 26.3 Å². The van der Waals surface area contributed by atoms with E-state index in [1.807, 2.05) is 6.92 Å². The second-order valence-electron chi connectivity index (χ2n) is 6.07. The molecular formula is C18H22F6. The first-order valence-corrected chi connectivity index (χ1v) is 7.78. The maximum absolute atomic E-state index is 15.2. The smallest absolute Gasteiger partial charge is 0.227 e. The summed E-state index contributed by atoms with van der Waals surface area (Å²) in [5.74, 6) is -4.71. The first kappa shape index (κ1) is 20.6. The summed E-state index contributed by atoms with van der Waals surface area (Å²) in [6, 6.07) is 0. The average Bonchev–Trinajstić information content (AvgIpc) is 2.49. The maximum atomic E-state index is 15.2. The highest BCUT2D eigenvalue weighted by atomic mass is 19.4. The van der Waals surface area contributed by atoms with E-state index in [9.17, 15) is 22.0 Å². The lowest BCUT2D eigenvalue weighted by molar-refractivity contribution is -0.0982. The lowest BCUT2D eigenvalue weighted by atomic mass is 9.76. The second kappa shape index (κ2) is 7.19. The molecule has 0 saturated carbocycles. The van der Waals surface area contributed by atoms with Gasteiger partial charge in [-0.3, -0.25) is 0 Å². The second-order valence-corrected chi connectivity index (χ2v) is 6.07. The quantitative estimate of drug-likeness (QED) is 0.388. The minimum Gasteiger partial charge on any atom is -0.227 e. The first-order chi connectivity index (χ1) is 10.9. The van der Waals surface area contributed by atoms with Gasteiger partial charge in [-0.15, -0.1) is 0 Å². The van der Waals surface area contributed by atoms with Crippen molar-refractivity contribution in [3.63, 3.8) is 0 Å². The van der Waals surface area contributed by atoms with Crippen LogP contribution < -0.4 is 0 Å². The van der Waals surface area contributed by atoms with E-state index in [1.54, 1.807) is 6.92 Å². The van der Waals surface area contributed by atoms with Crippen molar-refractivity contribution in [1.82, 2.24) is 0 Å². The van der Waals surface area contributed by atoms with Gasteiger partial charge in [0.2, 0.25) is 5.67 Å². The van der Waals surface area contributed by atoms with Crippen molar-refractivity contribution in [2.24, 2.45) is 11.8 Å². The molecule has 0 heterocycles. The van der Waals surface area contributed by atoms with Gasteiger partial charge in [0.1, 0.15) is 0 Å². The van der Waals surface area contributed by atoms with Gasteiger partial charge in [0.15, 0.2) is 0 Å². The van der Waals surface area contributed by atoms with Crippen molar-refractivity contribution in [2.45, 2.75) is 50.9 Å². The molecule has 0 saturated heterocycles. The predicted molar refractivity (Wildman–Crippen MR) is 83.6 cm³/mol. The number of halogens is 6. The molecule has 0 N–H and O–H groups in total. The number of hydrogen-bond donors (Lipinski definition) is 0. The lowest BCUT2D eigenvalue weighted by Gasteiger charge is -2.35. The number of alkyl halides is 6. The van der Waals surface area contributed by atoms with E-state index in [0.29, 0.717) is 12.8 Å². The van der Waals surface area contributed by atoms with E-state index in [4.69, 9.17) is 0 Å². The number of allylic oxidation sites excluding steroid dienone is 6. The molecule has 0 aromatic rings. The van der Waals surface area contributed by atoms with Gasteiger partial charge in [0.05, 0.1) is 5.57 Å². The van der Waals surface area contributed by atoms with E-state index < -0.39 is 34.8 Å². The van der Waals surface area contributed by atoms with Gasteiger partial charge >= 0.3 is 12.1 Å². The molecule has 24 heavy (non-hydrogen) atoms. The third kappa shape index (κ3) is 3.78. The fraction of sp³-hybridized carbons (Fsp3) is 0.556. The minimum atomic E-state index is -4.94. The van der Waals surface area contributed by atoms with Gasteiger partial charge in [-0.25, -0.2) is 4.39 Å². The molecule has 0 nitrogen and oxygen atoms in total. The Balaban J connectivity index is 3.70. The molecule has 0 aromatic heterocycles. The predicted octanol–water partition coefficient (Wildman–Crippen LogP) is 6.57. The molecule has 0 amide bonds. The van der Waals surface area contributed by atoms with Crippen molar-refractivity contribution >= 4 is 0 Å². The third-order valence-corrected chi connectivity index (χ3v) is 4.56. The molecule has 1 rings (SSSR count). The SMILES string of the molecule is C=CC(F)(F)C(F)(C=C)C1=CC(CC)C(C)CCC=C1C(F)(F)F. The van der Waals surface area contributed by atoms with Crippen LogP contribution in [0.15, 0.2) is 48.6 Å². The summed E-state index contributed by atoms with van der Waals surface area (Å²) in [6.07, 6.45) is -1.96. The van der Waals surface area contributed by atoms with E-state index in [1.165, 1.54) is 0 Å². The van der Waals surface area contributed by atoms with Gasteiger partial charge in [-0.2, -0.15) is 22.0 Å². The molecule has 3 atom stereocenters. The summed E-state index contributed by atoms with van der Waals surface area (Å²) in [4.78, 5) is 0. The normalized spacial score (nSPS) is 25.7. The van der Waals surface area contributed by atoms with Gasteiger partial charge in [0, 0.05) is 5.57 Å². The zero-order valence-electron chi connectivity index (χ0n) is 13.8. The number of rotatable bonds is 5. The summed E-state index contributed by atoms with van der Waals surface area (Å²) in [7, 11) is 0. The largest absolute Gasteiger partial charge is 0.416 e. The van der Waals surface area contributed by atoms with Crippen LogP contribution in [-0.4, -0.2) is 17.8 Å². The van der Waals surface area contributed by atoms with Crippen LogP contribution in [0.1, 0.15) is 33.1 Å². The highest BCUT2D eigenvalue weighted by Crippen LogP contribution is 2.48. The summed E-state index contributed by atoms with van der Waals surface area (Å²) < 4.78 is 83.6. The standard InChI is InChI=1S/C18H22F6/c1-5-13-11-15(16(19,6-2)17(20,21)7-3)14(18(22,23)24)10-8-9-12(13)4/h6-7,10-13H,2-3,5,8-9H2,1,4H3. The van der Waals surface area contributed by atoms with Crippen molar-refractivity contribution in [3.05, 3.63) is 48.6 Å². The van der Waals surface area contributed by atoms with Gasteiger partial charge in [0.25, 0.3) is 0 Å². The molecule has 0 aromatic carbocycles. The lowest BCUT2D eigenvalue weighted by Crippen LogP contribution is -2.45. The Morgan fingerprint density at radius 1 is 1.08 bits per heavy atom. The Labute approximate surface area is 138 Å². The summed E-state index contributed by atoms with van der Waals surface area (Å²) in [6.45, 7) is 9.43. The molecule has 6 heteroatoms. The molecule has 0 radical (unpaired) electrons. The molecule has 136 valence electrons. The van der Waals surface area contributed by atoms with Crippen LogP contribution in [0.2, 0.25) is 0 Å². The van der Waals surface area contributed by atoms with Gasteiger partial charge < -0.3 is 0 Å². The molecule has 1 aliphatic rings. The molecule has 0 bridgehead atoms. The van der Waals surface area contributed by atoms with Gasteiger partial charge in [-0.1, -0.05) is 39.2 Å². The van der Waals surface area contributed by atoms with Crippen molar-refractivity contribution in [1.29, 1.82) is 0 Å². The summed E-state index contributed by atoms with van der Waals surface area (Å²) in [5, 5.41) is 0. The van der Waals surface area contributed by atoms with Crippen LogP contribution in [0.5, 0.6) is 0 Å². The Kier molecular flexibility index (Phi) is 6.17. The van der Waals surface area contributed by atoms with Crippen LogP contribution in [0.4, 0.5) is 26.3 Å². The van der Waals surface area contributed by atoms with Crippen LogP contribution in [0.25, 0.3) is 0 Å². The third-order valence-electron chi connectivity index (χ3n) is 4.56. The topological polar surface area (TPSA) is 0 Å². The Bertz CT molecular complexity index is 540. The molecule has 0 spiro atoms. The van der Waals surface area contributed by atoms with Crippen LogP contribution in [0, 0.1) is 11.8 Å². The minimum absolute atomic E-state index is 0.0205. The Hall–Kier alpha value is -1.46. The molecule has 0 aliphatic heterocycles. The Morgan fingerprint density at radius 2 is 1.67 bits per heavy atom. The van der Waals surface area contributed by atoms with E-state index in [-0.39, 0.29) is 24.5 Å². The highest BCUT2D eigenvalue weighted by Gasteiger charge is 2.57. The molecule has 0 fully saturated rings. The zero-order chi connectivity index (χ0) is 18.8. The monoisotopic (exact) mass is 352 g/mol. The van der Waals surface area contributed by atoms with E-state index in [0.717, 1.165) is 12.2 Å². The number of hydrogen-bond acceptors (Lipinski definition) is 0. The van der Waals surface area contributed by atoms with Crippen LogP contribution in [0.3, 0.4) is 0 Å². The van der Waals surface area contributed by atoms with Crippen molar-refractivity contribution in [2.75, 3.05) is 0 Å². The van der Waals surface area contributed by atoms with E-state index in [2.05, 4.69) is 13.2 Å². The highest BCUT2D eigenvalue weighted by molar-refractivity contribution is 5.48. The van der Waals surface area contributed by atoms with Gasteiger partial charge in [-0.05, 0) is 43.3 Å².